The highest BCUT2D eigenvalue weighted by Gasteiger charge is 2.29. The predicted molar refractivity (Wildman–Crippen MR) is 76.4 cm³/mol. The van der Waals surface area contributed by atoms with Gasteiger partial charge in [0, 0.05) is 17.6 Å². The first-order chi connectivity index (χ1) is 9.70. The molecule has 0 bridgehead atoms. The molecule has 0 radical (unpaired) electrons. The second kappa shape index (κ2) is 5.13. The van der Waals surface area contributed by atoms with Crippen molar-refractivity contribution in [3.63, 3.8) is 0 Å². The molecular formula is C14H18N4O2. The first-order valence-corrected chi connectivity index (χ1v) is 6.83. The van der Waals surface area contributed by atoms with Crippen LogP contribution in [0.1, 0.15) is 23.8 Å². The lowest BCUT2D eigenvalue weighted by Gasteiger charge is -2.34. The highest BCUT2D eigenvalue weighted by atomic mass is 16.5. The van der Waals surface area contributed by atoms with Gasteiger partial charge in [-0.05, 0) is 24.6 Å². The molecule has 0 saturated carbocycles. The van der Waals surface area contributed by atoms with Crippen LogP contribution in [0.15, 0.2) is 18.2 Å². The molecule has 3 rings (SSSR count). The lowest BCUT2D eigenvalue weighted by Crippen LogP contribution is -2.48. The standard InChI is InChI=1S/C14H18N4O2/c1-2-10-8-20-6-5-18(10)14(19)13-11-7-9(15)3-4-12(11)16-17-13/h3-4,7,10H,2,5-6,8,15H2,1H3,(H,16,17). The van der Waals surface area contributed by atoms with E-state index >= 15 is 0 Å². The maximum Gasteiger partial charge on any atom is 0.275 e. The number of nitrogen functional groups attached to an aromatic ring is 1. The van der Waals surface area contributed by atoms with Gasteiger partial charge in [-0.25, -0.2) is 0 Å². The van der Waals surface area contributed by atoms with Crippen molar-refractivity contribution in [2.45, 2.75) is 19.4 Å². The van der Waals surface area contributed by atoms with Crippen molar-refractivity contribution in [3.05, 3.63) is 23.9 Å². The number of fused-ring (bicyclic) bond motifs is 1. The second-order valence-electron chi connectivity index (χ2n) is 5.01. The molecule has 2 aromatic rings. The van der Waals surface area contributed by atoms with Crippen LogP contribution in [0, 0.1) is 0 Å². The SMILES string of the molecule is CCC1COCCN1C(=O)c1n[nH]c2ccc(N)cc12. The number of carbonyl (C=O) groups excluding carboxylic acids is 1. The Kier molecular flexibility index (Phi) is 3.31. The van der Waals surface area contributed by atoms with Gasteiger partial charge >= 0.3 is 0 Å². The third kappa shape index (κ3) is 2.12. The molecule has 1 aliphatic rings. The number of ether oxygens (including phenoxy) is 1. The van der Waals surface area contributed by atoms with Crippen LogP contribution in [0.5, 0.6) is 0 Å². The number of hydrogen-bond donors (Lipinski definition) is 2. The summed E-state index contributed by atoms with van der Waals surface area (Å²) in [6.07, 6.45) is 0.871. The third-order valence-corrected chi connectivity index (χ3v) is 3.75. The number of benzene rings is 1. The quantitative estimate of drug-likeness (QED) is 0.811. The summed E-state index contributed by atoms with van der Waals surface area (Å²) in [4.78, 5) is 14.6. The fraction of sp³-hybridized carbons (Fsp3) is 0.429. The molecule has 0 spiro atoms. The largest absolute Gasteiger partial charge is 0.399 e. The zero-order valence-electron chi connectivity index (χ0n) is 11.4. The lowest BCUT2D eigenvalue weighted by molar-refractivity contribution is -0.00300. The van der Waals surface area contributed by atoms with E-state index in [9.17, 15) is 4.79 Å². The van der Waals surface area contributed by atoms with Crippen molar-refractivity contribution in [2.75, 3.05) is 25.5 Å². The number of rotatable bonds is 2. The van der Waals surface area contributed by atoms with Gasteiger partial charge in [-0.15, -0.1) is 0 Å². The Morgan fingerprint density at radius 1 is 1.60 bits per heavy atom. The third-order valence-electron chi connectivity index (χ3n) is 3.75. The number of morpholine rings is 1. The van der Waals surface area contributed by atoms with Crippen LogP contribution in [-0.2, 0) is 4.74 Å². The van der Waals surface area contributed by atoms with Crippen LogP contribution in [0.4, 0.5) is 5.69 Å². The van der Waals surface area contributed by atoms with E-state index in [-0.39, 0.29) is 11.9 Å². The minimum Gasteiger partial charge on any atom is -0.399 e. The molecule has 1 saturated heterocycles. The average molecular weight is 274 g/mol. The van der Waals surface area contributed by atoms with E-state index in [2.05, 4.69) is 17.1 Å². The van der Waals surface area contributed by atoms with Gasteiger partial charge < -0.3 is 15.4 Å². The molecule has 3 N–H and O–H groups in total. The smallest absolute Gasteiger partial charge is 0.275 e. The predicted octanol–water partition coefficient (Wildman–Crippen LogP) is 1.40. The van der Waals surface area contributed by atoms with Gasteiger partial charge in [0.1, 0.15) is 0 Å². The fourth-order valence-corrected chi connectivity index (χ4v) is 2.59. The lowest BCUT2D eigenvalue weighted by atomic mass is 10.1. The molecule has 1 amide bonds. The summed E-state index contributed by atoms with van der Waals surface area (Å²) in [6.45, 7) is 3.83. The Hall–Kier alpha value is -2.08. The van der Waals surface area contributed by atoms with Gasteiger partial charge in [0.25, 0.3) is 5.91 Å². The molecule has 1 aromatic heterocycles. The minimum absolute atomic E-state index is 0.0583. The molecule has 6 heteroatoms. The van der Waals surface area contributed by atoms with E-state index in [1.165, 1.54) is 0 Å². The number of amides is 1. The molecule has 1 atom stereocenters. The first kappa shape index (κ1) is 12.9. The molecule has 20 heavy (non-hydrogen) atoms. The highest BCUT2D eigenvalue weighted by Crippen LogP contribution is 2.22. The number of aromatic nitrogens is 2. The molecule has 1 fully saturated rings. The summed E-state index contributed by atoms with van der Waals surface area (Å²) in [5.41, 5.74) is 7.68. The number of hydrogen-bond acceptors (Lipinski definition) is 4. The zero-order chi connectivity index (χ0) is 14.1. The summed E-state index contributed by atoms with van der Waals surface area (Å²) in [5.74, 6) is -0.0583. The van der Waals surface area contributed by atoms with Crippen molar-refractivity contribution in [3.8, 4) is 0 Å². The average Bonchev–Trinajstić information content (AvgIpc) is 2.89. The van der Waals surface area contributed by atoms with E-state index in [4.69, 9.17) is 10.5 Å². The van der Waals surface area contributed by atoms with Gasteiger partial charge in [-0.1, -0.05) is 6.92 Å². The Balaban J connectivity index is 1.97. The fourth-order valence-electron chi connectivity index (χ4n) is 2.59. The van der Waals surface area contributed by atoms with Gasteiger partial charge in [0.05, 0.1) is 24.8 Å². The van der Waals surface area contributed by atoms with E-state index < -0.39 is 0 Å². The van der Waals surface area contributed by atoms with Crippen LogP contribution in [0.3, 0.4) is 0 Å². The van der Waals surface area contributed by atoms with Crippen molar-refractivity contribution in [1.82, 2.24) is 15.1 Å². The van der Waals surface area contributed by atoms with E-state index in [1.54, 1.807) is 12.1 Å². The van der Waals surface area contributed by atoms with Crippen LogP contribution < -0.4 is 5.73 Å². The molecule has 2 heterocycles. The number of H-pyrrole nitrogens is 1. The highest BCUT2D eigenvalue weighted by molar-refractivity contribution is 6.05. The number of nitrogens with two attached hydrogens (primary N) is 1. The number of carbonyl (C=O) groups is 1. The number of nitrogens with zero attached hydrogens (tertiary/aromatic N) is 2. The van der Waals surface area contributed by atoms with Gasteiger partial charge in [0.15, 0.2) is 5.69 Å². The maximum absolute atomic E-state index is 12.7. The normalized spacial score (nSPS) is 19.4. The van der Waals surface area contributed by atoms with E-state index in [0.29, 0.717) is 31.1 Å². The maximum atomic E-state index is 12.7. The monoisotopic (exact) mass is 274 g/mol. The first-order valence-electron chi connectivity index (χ1n) is 6.83. The van der Waals surface area contributed by atoms with Gasteiger partial charge in [-0.3, -0.25) is 9.89 Å². The van der Waals surface area contributed by atoms with Crippen LogP contribution in [-0.4, -0.2) is 46.8 Å². The van der Waals surface area contributed by atoms with Crippen molar-refractivity contribution < 1.29 is 9.53 Å². The molecule has 1 aliphatic heterocycles. The molecule has 0 aliphatic carbocycles. The second-order valence-corrected chi connectivity index (χ2v) is 5.01. The molecule has 6 nitrogen and oxygen atoms in total. The molecule has 1 unspecified atom stereocenters. The number of nitrogens with one attached hydrogen (secondary N) is 1. The van der Waals surface area contributed by atoms with E-state index in [1.807, 2.05) is 11.0 Å². The summed E-state index contributed by atoms with van der Waals surface area (Å²) in [7, 11) is 0. The zero-order valence-corrected chi connectivity index (χ0v) is 11.4. The van der Waals surface area contributed by atoms with Crippen LogP contribution in [0.2, 0.25) is 0 Å². The Bertz CT molecular complexity index is 637. The van der Waals surface area contributed by atoms with Crippen molar-refractivity contribution in [1.29, 1.82) is 0 Å². The summed E-state index contributed by atoms with van der Waals surface area (Å²) in [5, 5.41) is 7.83. The van der Waals surface area contributed by atoms with Crippen LogP contribution >= 0.6 is 0 Å². The molecule has 106 valence electrons. The van der Waals surface area contributed by atoms with Crippen molar-refractivity contribution >= 4 is 22.5 Å². The van der Waals surface area contributed by atoms with Gasteiger partial charge in [0.2, 0.25) is 0 Å². The Morgan fingerprint density at radius 2 is 2.45 bits per heavy atom. The Morgan fingerprint density at radius 3 is 3.25 bits per heavy atom. The number of anilines is 1. The summed E-state index contributed by atoms with van der Waals surface area (Å²) >= 11 is 0. The van der Waals surface area contributed by atoms with Gasteiger partial charge in [-0.2, -0.15) is 5.10 Å². The van der Waals surface area contributed by atoms with Crippen LogP contribution in [0.25, 0.3) is 10.9 Å². The molecule has 1 aromatic carbocycles. The summed E-state index contributed by atoms with van der Waals surface area (Å²) < 4.78 is 5.44. The topological polar surface area (TPSA) is 84.2 Å². The minimum atomic E-state index is -0.0583. The molecular weight excluding hydrogens is 256 g/mol. The van der Waals surface area contributed by atoms with E-state index in [0.717, 1.165) is 17.3 Å². The Labute approximate surface area is 116 Å². The number of aromatic amines is 1. The summed E-state index contributed by atoms with van der Waals surface area (Å²) in [6, 6.07) is 5.53. The van der Waals surface area contributed by atoms with Crippen molar-refractivity contribution in [2.24, 2.45) is 0 Å².